The van der Waals surface area contributed by atoms with E-state index in [1.807, 2.05) is 0 Å². The predicted octanol–water partition coefficient (Wildman–Crippen LogP) is 3.05. The Morgan fingerprint density at radius 2 is 1.88 bits per heavy atom. The fourth-order valence-corrected chi connectivity index (χ4v) is 5.46. The Morgan fingerprint density at radius 3 is 2.55 bits per heavy atom. The number of H-pyrrole nitrogens is 1. The molecule has 1 aliphatic heterocycles. The number of hydrogen-bond acceptors (Lipinski definition) is 6. The molecule has 2 aromatic carbocycles. The average Bonchev–Trinajstić information content (AvgIpc) is 3.31. The van der Waals surface area contributed by atoms with Crippen LogP contribution in [0, 0.1) is 5.82 Å². The van der Waals surface area contributed by atoms with Crippen molar-refractivity contribution in [2.24, 2.45) is 0 Å². The molecule has 0 amide bonds. The van der Waals surface area contributed by atoms with E-state index in [4.69, 9.17) is 14.2 Å². The summed E-state index contributed by atoms with van der Waals surface area (Å²) in [5.41, 5.74) is 0.285. The summed E-state index contributed by atoms with van der Waals surface area (Å²) in [6.45, 7) is 0.312. The van der Waals surface area contributed by atoms with Gasteiger partial charge in [-0.3, -0.25) is 4.79 Å². The Hall–Kier alpha value is -2.95. The molecule has 0 saturated carbocycles. The zero-order valence-corrected chi connectivity index (χ0v) is 19.2. The average molecular weight is 477 g/mol. The summed E-state index contributed by atoms with van der Waals surface area (Å²) in [6, 6.07) is 10.1. The summed E-state index contributed by atoms with van der Waals surface area (Å²) in [7, 11) is -1.24. The van der Waals surface area contributed by atoms with Crippen LogP contribution in [0.15, 0.2) is 52.2 Å². The SMILES string of the molecule is COc1cc2cc(CN(CC3CCCO3)S(=O)(=O)c3ccccc3F)c(=O)[nH]c2cc1OC. The van der Waals surface area contributed by atoms with Gasteiger partial charge in [-0.15, -0.1) is 0 Å². The lowest BCUT2D eigenvalue weighted by molar-refractivity contribution is 0.0924. The number of ether oxygens (including phenoxy) is 3. The second-order valence-electron chi connectivity index (χ2n) is 7.78. The van der Waals surface area contributed by atoms with Gasteiger partial charge in [0.25, 0.3) is 5.56 Å². The van der Waals surface area contributed by atoms with E-state index < -0.39 is 26.3 Å². The first-order chi connectivity index (χ1) is 15.8. The van der Waals surface area contributed by atoms with E-state index in [1.165, 1.54) is 32.4 Å². The van der Waals surface area contributed by atoms with E-state index in [0.717, 1.165) is 16.8 Å². The quantitative estimate of drug-likeness (QED) is 0.537. The number of aromatic amines is 1. The van der Waals surface area contributed by atoms with E-state index >= 15 is 0 Å². The van der Waals surface area contributed by atoms with Gasteiger partial charge in [-0.05, 0) is 37.1 Å². The van der Waals surface area contributed by atoms with Crippen molar-refractivity contribution >= 4 is 20.9 Å². The predicted molar refractivity (Wildman–Crippen MR) is 121 cm³/mol. The smallest absolute Gasteiger partial charge is 0.252 e. The molecule has 10 heteroatoms. The van der Waals surface area contributed by atoms with Gasteiger partial charge in [0.2, 0.25) is 10.0 Å². The standard InChI is InChI=1S/C23H25FN2O6S/c1-30-20-11-15-10-16(23(27)25-19(15)12-21(20)31-2)13-26(14-17-6-5-9-32-17)33(28,29)22-8-4-3-7-18(22)24/h3-4,7-8,10-12,17H,5-6,9,13-14H2,1-2H3,(H,25,27). The highest BCUT2D eigenvalue weighted by molar-refractivity contribution is 7.89. The van der Waals surface area contributed by atoms with Crippen molar-refractivity contribution < 1.29 is 27.0 Å². The topological polar surface area (TPSA) is 97.9 Å². The third-order valence-electron chi connectivity index (χ3n) is 5.66. The molecule has 1 N–H and O–H groups in total. The number of hydrogen-bond donors (Lipinski definition) is 1. The second-order valence-corrected chi connectivity index (χ2v) is 9.69. The van der Waals surface area contributed by atoms with E-state index in [1.54, 1.807) is 18.2 Å². The van der Waals surface area contributed by atoms with Crippen LogP contribution in [0.25, 0.3) is 10.9 Å². The monoisotopic (exact) mass is 476 g/mol. The van der Waals surface area contributed by atoms with Crippen LogP contribution < -0.4 is 15.0 Å². The van der Waals surface area contributed by atoms with Gasteiger partial charge in [0, 0.05) is 36.7 Å². The maximum Gasteiger partial charge on any atom is 0.252 e. The van der Waals surface area contributed by atoms with Crippen molar-refractivity contribution in [2.45, 2.75) is 30.4 Å². The Labute approximate surface area is 190 Å². The van der Waals surface area contributed by atoms with Gasteiger partial charge in [-0.2, -0.15) is 4.31 Å². The summed E-state index contributed by atoms with van der Waals surface area (Å²) in [5.74, 6) is 0.0767. The molecule has 8 nitrogen and oxygen atoms in total. The minimum absolute atomic E-state index is 0.0140. The van der Waals surface area contributed by atoms with E-state index in [0.29, 0.717) is 35.4 Å². The number of halogens is 1. The molecule has 176 valence electrons. The molecule has 1 fully saturated rings. The zero-order chi connectivity index (χ0) is 23.6. The molecule has 0 spiro atoms. The normalized spacial score (nSPS) is 16.4. The van der Waals surface area contributed by atoms with Crippen LogP contribution in [-0.2, 0) is 21.3 Å². The first kappa shape index (κ1) is 23.2. The molecule has 0 radical (unpaired) electrons. The van der Waals surface area contributed by atoms with Crippen LogP contribution in [-0.4, -0.2) is 51.2 Å². The third kappa shape index (κ3) is 4.73. The maximum absolute atomic E-state index is 14.4. The van der Waals surface area contributed by atoms with Crippen LogP contribution in [0.3, 0.4) is 0 Å². The molecular weight excluding hydrogens is 451 g/mol. The third-order valence-corrected chi connectivity index (χ3v) is 7.50. The molecule has 1 aromatic heterocycles. The summed E-state index contributed by atoms with van der Waals surface area (Å²) < 4.78 is 58.5. The number of aromatic nitrogens is 1. The van der Waals surface area contributed by atoms with Crippen molar-refractivity contribution in [1.82, 2.24) is 9.29 Å². The Morgan fingerprint density at radius 1 is 1.15 bits per heavy atom. The van der Waals surface area contributed by atoms with E-state index in [9.17, 15) is 17.6 Å². The van der Waals surface area contributed by atoms with Gasteiger partial charge in [0.1, 0.15) is 10.7 Å². The largest absolute Gasteiger partial charge is 0.493 e. The van der Waals surface area contributed by atoms with Gasteiger partial charge in [-0.1, -0.05) is 12.1 Å². The van der Waals surface area contributed by atoms with Crippen LogP contribution in [0.1, 0.15) is 18.4 Å². The summed E-state index contributed by atoms with van der Waals surface area (Å²) in [4.78, 5) is 15.2. The molecule has 1 aliphatic rings. The molecule has 2 heterocycles. The number of nitrogens with zero attached hydrogens (tertiary/aromatic N) is 1. The van der Waals surface area contributed by atoms with Crippen molar-refractivity contribution in [3.63, 3.8) is 0 Å². The minimum atomic E-state index is -4.23. The zero-order valence-electron chi connectivity index (χ0n) is 18.3. The fourth-order valence-electron chi connectivity index (χ4n) is 3.94. The summed E-state index contributed by atoms with van der Waals surface area (Å²) >= 11 is 0. The highest BCUT2D eigenvalue weighted by Gasteiger charge is 2.31. The van der Waals surface area contributed by atoms with Gasteiger partial charge >= 0.3 is 0 Å². The maximum atomic E-state index is 14.4. The molecule has 1 saturated heterocycles. The first-order valence-electron chi connectivity index (χ1n) is 10.5. The number of nitrogens with one attached hydrogen (secondary N) is 1. The molecule has 0 bridgehead atoms. The van der Waals surface area contributed by atoms with Crippen LogP contribution in [0.4, 0.5) is 4.39 Å². The molecule has 33 heavy (non-hydrogen) atoms. The number of methoxy groups -OCH3 is 2. The van der Waals surface area contributed by atoms with Crippen LogP contribution >= 0.6 is 0 Å². The Kier molecular flexibility index (Phi) is 6.68. The van der Waals surface area contributed by atoms with E-state index in [-0.39, 0.29) is 24.8 Å². The number of sulfonamides is 1. The number of rotatable bonds is 8. The number of fused-ring (bicyclic) bond motifs is 1. The summed E-state index contributed by atoms with van der Waals surface area (Å²) in [6.07, 6.45) is 1.18. The van der Waals surface area contributed by atoms with Gasteiger partial charge in [0.05, 0.1) is 25.8 Å². The van der Waals surface area contributed by atoms with Gasteiger partial charge in [0.15, 0.2) is 11.5 Å². The fraction of sp³-hybridized carbons (Fsp3) is 0.348. The van der Waals surface area contributed by atoms with E-state index in [2.05, 4.69) is 4.98 Å². The first-order valence-corrected chi connectivity index (χ1v) is 11.9. The Bertz CT molecular complexity index is 1320. The van der Waals surface area contributed by atoms with Crippen molar-refractivity contribution in [2.75, 3.05) is 27.4 Å². The lowest BCUT2D eigenvalue weighted by Gasteiger charge is -2.25. The molecule has 1 atom stereocenters. The highest BCUT2D eigenvalue weighted by atomic mass is 32.2. The van der Waals surface area contributed by atoms with Crippen LogP contribution in [0.2, 0.25) is 0 Å². The summed E-state index contributed by atoms with van der Waals surface area (Å²) in [5, 5.41) is 0.641. The molecular formula is C23H25FN2O6S. The van der Waals surface area contributed by atoms with Gasteiger partial charge in [-0.25, -0.2) is 12.8 Å². The molecule has 3 aromatic rings. The Balaban J connectivity index is 1.76. The van der Waals surface area contributed by atoms with Crippen LogP contribution in [0.5, 0.6) is 11.5 Å². The van der Waals surface area contributed by atoms with Crippen molar-refractivity contribution in [1.29, 1.82) is 0 Å². The lowest BCUT2D eigenvalue weighted by atomic mass is 10.1. The van der Waals surface area contributed by atoms with Gasteiger partial charge < -0.3 is 19.2 Å². The molecule has 0 aliphatic carbocycles. The molecule has 4 rings (SSSR count). The lowest BCUT2D eigenvalue weighted by Crippen LogP contribution is -2.38. The number of benzene rings is 2. The minimum Gasteiger partial charge on any atom is -0.493 e. The number of pyridine rings is 1. The highest BCUT2D eigenvalue weighted by Crippen LogP contribution is 2.31. The van der Waals surface area contributed by atoms with Crippen molar-refractivity contribution in [3.8, 4) is 11.5 Å². The van der Waals surface area contributed by atoms with Crippen molar-refractivity contribution in [3.05, 3.63) is 64.2 Å². The second kappa shape index (κ2) is 9.50. The molecule has 1 unspecified atom stereocenters.